The molecule has 21 heavy (non-hydrogen) atoms. The van der Waals surface area contributed by atoms with Crippen LogP contribution in [0, 0.1) is 23.6 Å². The lowest BCUT2D eigenvalue weighted by Crippen LogP contribution is -2.25. The van der Waals surface area contributed by atoms with Gasteiger partial charge in [0, 0.05) is 0 Å². The summed E-state index contributed by atoms with van der Waals surface area (Å²) in [4.78, 5) is 0. The zero-order chi connectivity index (χ0) is 14.7. The molecule has 0 aliphatic heterocycles. The van der Waals surface area contributed by atoms with Crippen LogP contribution in [0.25, 0.3) is 0 Å². The van der Waals surface area contributed by atoms with E-state index in [2.05, 4.69) is 6.92 Å². The molecular weight excluding hydrogens is 259 g/mol. The molecule has 0 spiro atoms. The molecule has 0 unspecified atom stereocenters. The van der Waals surface area contributed by atoms with E-state index < -0.39 is 0 Å². The lowest BCUT2D eigenvalue weighted by atomic mass is 9.68. The highest BCUT2D eigenvalue weighted by Crippen LogP contribution is 2.44. The Morgan fingerprint density at radius 1 is 0.810 bits per heavy atom. The van der Waals surface area contributed by atoms with E-state index in [1.807, 2.05) is 12.1 Å². The van der Waals surface area contributed by atoms with Crippen molar-refractivity contribution < 1.29 is 4.39 Å². The van der Waals surface area contributed by atoms with Gasteiger partial charge in [-0.3, -0.25) is 0 Å². The minimum Gasteiger partial charge on any atom is -0.207 e. The van der Waals surface area contributed by atoms with E-state index in [4.69, 9.17) is 0 Å². The standard InChI is InChI=1S/C20H29F/c1-2-15-3-5-16(6-4-15)17-7-9-18(10-8-17)19-11-13-20(21)14-12-19/h11-18H,2-10H2,1H3/t15-,16-,17-,18-. The zero-order valence-electron chi connectivity index (χ0n) is 13.4. The second kappa shape index (κ2) is 6.94. The van der Waals surface area contributed by atoms with Crippen LogP contribution >= 0.6 is 0 Å². The maximum atomic E-state index is 13.0. The maximum absolute atomic E-state index is 13.0. The van der Waals surface area contributed by atoms with Crippen molar-refractivity contribution in [2.75, 3.05) is 0 Å². The minimum atomic E-state index is -0.111. The molecule has 0 N–H and O–H groups in total. The van der Waals surface area contributed by atoms with Crippen LogP contribution in [0.3, 0.4) is 0 Å². The SMILES string of the molecule is CC[C@H]1CC[C@H]([C@H]2CC[C@H](c3ccc(F)cc3)CC2)CC1. The molecule has 2 fully saturated rings. The van der Waals surface area contributed by atoms with E-state index in [1.54, 1.807) is 12.1 Å². The van der Waals surface area contributed by atoms with Crippen molar-refractivity contribution in [3.05, 3.63) is 35.6 Å². The van der Waals surface area contributed by atoms with Crippen molar-refractivity contribution in [1.29, 1.82) is 0 Å². The topological polar surface area (TPSA) is 0 Å². The monoisotopic (exact) mass is 288 g/mol. The fourth-order valence-corrected chi connectivity index (χ4v) is 4.73. The van der Waals surface area contributed by atoms with E-state index in [9.17, 15) is 4.39 Å². The molecule has 2 saturated carbocycles. The van der Waals surface area contributed by atoms with Crippen molar-refractivity contribution in [2.45, 2.75) is 70.6 Å². The summed E-state index contributed by atoms with van der Waals surface area (Å²) in [5.41, 5.74) is 1.35. The Kier molecular flexibility index (Phi) is 4.98. The van der Waals surface area contributed by atoms with Crippen LogP contribution in [0.2, 0.25) is 0 Å². The van der Waals surface area contributed by atoms with E-state index in [0.29, 0.717) is 5.92 Å². The van der Waals surface area contributed by atoms with Gasteiger partial charge in [0.2, 0.25) is 0 Å². The second-order valence-corrected chi connectivity index (χ2v) is 7.35. The van der Waals surface area contributed by atoms with Crippen LogP contribution in [-0.2, 0) is 0 Å². The van der Waals surface area contributed by atoms with Crippen molar-refractivity contribution in [3.63, 3.8) is 0 Å². The van der Waals surface area contributed by atoms with E-state index >= 15 is 0 Å². The Balaban J connectivity index is 1.50. The molecule has 0 bridgehead atoms. The summed E-state index contributed by atoms with van der Waals surface area (Å²) in [5, 5.41) is 0. The van der Waals surface area contributed by atoms with Gasteiger partial charge in [-0.1, -0.05) is 38.3 Å². The van der Waals surface area contributed by atoms with Crippen molar-refractivity contribution in [1.82, 2.24) is 0 Å². The third-order valence-corrected chi connectivity index (χ3v) is 6.25. The molecule has 0 amide bonds. The van der Waals surface area contributed by atoms with Gasteiger partial charge in [-0.25, -0.2) is 4.39 Å². The number of rotatable bonds is 3. The fraction of sp³-hybridized carbons (Fsp3) is 0.700. The molecule has 0 radical (unpaired) electrons. The first kappa shape index (κ1) is 15.1. The van der Waals surface area contributed by atoms with Crippen LogP contribution in [0.15, 0.2) is 24.3 Å². The molecule has 0 atom stereocenters. The smallest absolute Gasteiger partial charge is 0.123 e. The second-order valence-electron chi connectivity index (χ2n) is 7.35. The molecule has 2 aliphatic carbocycles. The Bertz CT molecular complexity index is 420. The van der Waals surface area contributed by atoms with Gasteiger partial charge < -0.3 is 0 Å². The average Bonchev–Trinajstić information content (AvgIpc) is 2.56. The fourth-order valence-electron chi connectivity index (χ4n) is 4.73. The minimum absolute atomic E-state index is 0.111. The zero-order valence-corrected chi connectivity index (χ0v) is 13.4. The summed E-state index contributed by atoms with van der Waals surface area (Å²) in [6, 6.07) is 7.22. The number of hydrogen-bond acceptors (Lipinski definition) is 0. The predicted octanol–water partition coefficient (Wildman–Crippen LogP) is 6.32. The summed E-state index contributed by atoms with van der Waals surface area (Å²) in [6.07, 6.45) is 12.7. The maximum Gasteiger partial charge on any atom is 0.123 e. The molecule has 0 saturated heterocycles. The van der Waals surface area contributed by atoms with Gasteiger partial charge in [-0.2, -0.15) is 0 Å². The van der Waals surface area contributed by atoms with Gasteiger partial charge in [-0.05, 0) is 79.9 Å². The Morgan fingerprint density at radius 3 is 1.86 bits per heavy atom. The highest BCUT2D eigenvalue weighted by atomic mass is 19.1. The molecule has 1 heteroatoms. The van der Waals surface area contributed by atoms with Crippen molar-refractivity contribution >= 4 is 0 Å². The predicted molar refractivity (Wildman–Crippen MR) is 86.8 cm³/mol. The first-order chi connectivity index (χ1) is 10.3. The molecule has 1 aromatic rings. The summed E-state index contributed by atoms with van der Waals surface area (Å²) in [5.74, 6) is 3.55. The number of benzene rings is 1. The lowest BCUT2D eigenvalue weighted by Gasteiger charge is -2.37. The van der Waals surface area contributed by atoms with Crippen molar-refractivity contribution in [3.8, 4) is 0 Å². The number of hydrogen-bond donors (Lipinski definition) is 0. The Hall–Kier alpha value is -0.850. The normalized spacial score (nSPS) is 33.8. The third-order valence-electron chi connectivity index (χ3n) is 6.25. The van der Waals surface area contributed by atoms with Crippen LogP contribution in [0.1, 0.15) is 76.2 Å². The van der Waals surface area contributed by atoms with E-state index in [-0.39, 0.29) is 5.82 Å². The van der Waals surface area contributed by atoms with E-state index in [1.165, 1.54) is 63.4 Å². The molecule has 116 valence electrons. The van der Waals surface area contributed by atoms with Crippen LogP contribution in [-0.4, -0.2) is 0 Å². The molecule has 2 aliphatic rings. The molecular formula is C20H29F. The van der Waals surface area contributed by atoms with Gasteiger partial charge in [-0.15, -0.1) is 0 Å². The van der Waals surface area contributed by atoms with Gasteiger partial charge >= 0.3 is 0 Å². The van der Waals surface area contributed by atoms with E-state index in [0.717, 1.165) is 17.8 Å². The van der Waals surface area contributed by atoms with Crippen LogP contribution in [0.4, 0.5) is 4.39 Å². The first-order valence-electron chi connectivity index (χ1n) is 9.01. The van der Waals surface area contributed by atoms with Gasteiger partial charge in [0.15, 0.2) is 0 Å². The molecule has 0 heterocycles. The first-order valence-corrected chi connectivity index (χ1v) is 9.01. The summed E-state index contributed by atoms with van der Waals surface area (Å²) >= 11 is 0. The highest BCUT2D eigenvalue weighted by Gasteiger charge is 2.30. The van der Waals surface area contributed by atoms with Gasteiger partial charge in [0.05, 0.1) is 0 Å². The largest absolute Gasteiger partial charge is 0.207 e. The number of halogens is 1. The Labute approximate surface area is 129 Å². The molecule has 3 rings (SSSR count). The third kappa shape index (κ3) is 3.67. The Morgan fingerprint density at radius 2 is 1.33 bits per heavy atom. The summed E-state index contributed by atoms with van der Waals surface area (Å²) in [6.45, 7) is 2.35. The quantitative estimate of drug-likeness (QED) is 0.611. The molecule has 0 nitrogen and oxygen atoms in total. The molecule has 1 aromatic carbocycles. The highest BCUT2D eigenvalue weighted by molar-refractivity contribution is 5.20. The summed E-state index contributed by atoms with van der Waals surface area (Å²) < 4.78 is 13.0. The lowest BCUT2D eigenvalue weighted by molar-refractivity contribution is 0.158. The molecule has 0 aromatic heterocycles. The van der Waals surface area contributed by atoms with Crippen molar-refractivity contribution in [2.24, 2.45) is 17.8 Å². The average molecular weight is 288 g/mol. The summed E-state index contributed by atoms with van der Waals surface area (Å²) in [7, 11) is 0. The van der Waals surface area contributed by atoms with Crippen LogP contribution < -0.4 is 0 Å². The van der Waals surface area contributed by atoms with Gasteiger partial charge in [0.25, 0.3) is 0 Å². The van der Waals surface area contributed by atoms with Crippen LogP contribution in [0.5, 0.6) is 0 Å². The van der Waals surface area contributed by atoms with Gasteiger partial charge in [0.1, 0.15) is 5.82 Å².